The zero-order valence-electron chi connectivity index (χ0n) is 9.45. The predicted octanol–water partition coefficient (Wildman–Crippen LogP) is -0.458. The van der Waals surface area contributed by atoms with Crippen molar-refractivity contribution in [1.29, 1.82) is 0 Å². The van der Waals surface area contributed by atoms with Gasteiger partial charge in [0.1, 0.15) is 5.92 Å². The average molecular weight is 226 g/mol. The van der Waals surface area contributed by atoms with E-state index in [4.69, 9.17) is 0 Å². The summed E-state index contributed by atoms with van der Waals surface area (Å²) >= 11 is 0. The van der Waals surface area contributed by atoms with Crippen molar-refractivity contribution in [2.24, 2.45) is 5.92 Å². The first-order valence-electron chi connectivity index (χ1n) is 5.86. The van der Waals surface area contributed by atoms with Gasteiger partial charge in [-0.15, -0.1) is 0 Å². The van der Waals surface area contributed by atoms with Crippen LogP contribution in [0.3, 0.4) is 0 Å². The van der Waals surface area contributed by atoms with Crippen molar-refractivity contribution < 1.29 is 14.7 Å². The first-order valence-corrected chi connectivity index (χ1v) is 5.86. The number of hydrogen-bond acceptors (Lipinski definition) is 3. The minimum atomic E-state index is -0.933. The van der Waals surface area contributed by atoms with Crippen LogP contribution in [0.5, 0.6) is 0 Å². The van der Waals surface area contributed by atoms with Crippen molar-refractivity contribution >= 4 is 11.8 Å². The Hall–Kier alpha value is -1.10. The summed E-state index contributed by atoms with van der Waals surface area (Å²) in [6.45, 7) is 2.47. The van der Waals surface area contributed by atoms with Crippen LogP contribution in [0.15, 0.2) is 0 Å². The molecular formula is C11H18N2O3. The molecule has 3 N–H and O–H groups in total. The Balaban J connectivity index is 2.00. The number of amides is 2. The summed E-state index contributed by atoms with van der Waals surface area (Å²) in [7, 11) is 0. The van der Waals surface area contributed by atoms with E-state index >= 15 is 0 Å². The fourth-order valence-electron chi connectivity index (χ4n) is 2.15. The lowest BCUT2D eigenvalue weighted by atomic mass is 9.94. The lowest BCUT2D eigenvalue weighted by Crippen LogP contribution is -2.54. The molecular weight excluding hydrogens is 208 g/mol. The Morgan fingerprint density at radius 2 is 2.31 bits per heavy atom. The number of carbonyl (C=O) groups excluding carboxylic acids is 2. The molecule has 2 aliphatic rings. The fraction of sp³-hybridized carbons (Fsp3) is 0.818. The minimum Gasteiger partial charge on any atom is -0.392 e. The lowest BCUT2D eigenvalue weighted by molar-refractivity contribution is -0.143. The van der Waals surface area contributed by atoms with Gasteiger partial charge in [0.05, 0.1) is 6.10 Å². The minimum absolute atomic E-state index is 0.103. The second kappa shape index (κ2) is 4.05. The van der Waals surface area contributed by atoms with Crippen molar-refractivity contribution in [3.63, 3.8) is 0 Å². The van der Waals surface area contributed by atoms with E-state index in [1.807, 2.05) is 6.92 Å². The number of carbonyl (C=O) groups is 2. The molecule has 0 aromatic carbocycles. The Kier molecular flexibility index (Phi) is 2.88. The quantitative estimate of drug-likeness (QED) is 0.570. The predicted molar refractivity (Wildman–Crippen MR) is 57.5 cm³/mol. The van der Waals surface area contributed by atoms with Gasteiger partial charge in [0, 0.05) is 12.1 Å². The molecule has 0 aromatic rings. The van der Waals surface area contributed by atoms with E-state index < -0.39 is 12.0 Å². The smallest absolute Gasteiger partial charge is 0.235 e. The van der Waals surface area contributed by atoms with Crippen LogP contribution in [0.25, 0.3) is 0 Å². The van der Waals surface area contributed by atoms with Crippen LogP contribution in [0.2, 0.25) is 0 Å². The van der Waals surface area contributed by atoms with E-state index in [0.717, 1.165) is 19.3 Å². The highest BCUT2D eigenvalue weighted by atomic mass is 16.3. The van der Waals surface area contributed by atoms with E-state index in [0.29, 0.717) is 13.0 Å². The highest BCUT2D eigenvalue weighted by molar-refractivity contribution is 6.01. The first-order chi connectivity index (χ1) is 7.58. The second-order valence-corrected chi connectivity index (χ2v) is 4.75. The van der Waals surface area contributed by atoms with Gasteiger partial charge < -0.3 is 15.7 Å². The molecule has 16 heavy (non-hydrogen) atoms. The SMILES string of the molecule is CCC1(NC(=O)C2C(=O)NCCC2O)CC1. The third-order valence-corrected chi connectivity index (χ3v) is 3.61. The van der Waals surface area contributed by atoms with Crippen LogP contribution in [-0.2, 0) is 9.59 Å². The molecule has 1 saturated heterocycles. The molecule has 1 heterocycles. The molecule has 2 amide bonds. The van der Waals surface area contributed by atoms with Crippen molar-refractivity contribution in [1.82, 2.24) is 10.6 Å². The maximum absolute atomic E-state index is 11.9. The van der Waals surface area contributed by atoms with Gasteiger partial charge >= 0.3 is 0 Å². The number of rotatable bonds is 3. The zero-order valence-corrected chi connectivity index (χ0v) is 9.45. The third-order valence-electron chi connectivity index (χ3n) is 3.61. The highest BCUT2D eigenvalue weighted by Crippen LogP contribution is 2.38. The van der Waals surface area contributed by atoms with Crippen molar-refractivity contribution in [3.8, 4) is 0 Å². The Bertz CT molecular complexity index is 312. The maximum Gasteiger partial charge on any atom is 0.235 e. The number of aliphatic hydroxyl groups is 1. The van der Waals surface area contributed by atoms with Crippen molar-refractivity contribution in [2.75, 3.05) is 6.54 Å². The molecule has 90 valence electrons. The third kappa shape index (κ3) is 2.04. The summed E-state index contributed by atoms with van der Waals surface area (Å²) in [5, 5.41) is 15.2. The Morgan fingerprint density at radius 1 is 1.62 bits per heavy atom. The van der Waals surface area contributed by atoms with Crippen LogP contribution < -0.4 is 10.6 Å². The molecule has 2 atom stereocenters. The molecule has 1 aliphatic carbocycles. The van der Waals surface area contributed by atoms with E-state index in [1.54, 1.807) is 0 Å². The van der Waals surface area contributed by atoms with Gasteiger partial charge in [-0.1, -0.05) is 6.92 Å². The van der Waals surface area contributed by atoms with E-state index in [-0.39, 0.29) is 17.4 Å². The summed E-state index contributed by atoms with van der Waals surface area (Å²) in [4.78, 5) is 23.4. The molecule has 2 fully saturated rings. The van der Waals surface area contributed by atoms with Gasteiger partial charge in [-0.3, -0.25) is 9.59 Å². The fourth-order valence-corrected chi connectivity index (χ4v) is 2.15. The summed E-state index contributed by atoms with van der Waals surface area (Å²) in [6.07, 6.45) is 2.42. The zero-order chi connectivity index (χ0) is 11.8. The van der Waals surface area contributed by atoms with Gasteiger partial charge in [0.25, 0.3) is 0 Å². The van der Waals surface area contributed by atoms with Crippen molar-refractivity contribution in [3.05, 3.63) is 0 Å². The molecule has 5 heteroatoms. The number of nitrogens with one attached hydrogen (secondary N) is 2. The van der Waals surface area contributed by atoms with Crippen molar-refractivity contribution in [2.45, 2.75) is 44.2 Å². The molecule has 1 saturated carbocycles. The molecule has 0 bridgehead atoms. The maximum atomic E-state index is 11.9. The van der Waals surface area contributed by atoms with Crippen LogP contribution in [0, 0.1) is 5.92 Å². The molecule has 0 radical (unpaired) electrons. The van der Waals surface area contributed by atoms with Crippen LogP contribution in [0.1, 0.15) is 32.6 Å². The standard InChI is InChI=1S/C11H18N2O3/c1-2-11(4-5-11)13-10(16)8-7(14)3-6-12-9(8)15/h7-8,14H,2-6H2,1H3,(H,12,15)(H,13,16). The van der Waals surface area contributed by atoms with E-state index in [2.05, 4.69) is 10.6 Å². The topological polar surface area (TPSA) is 78.4 Å². The van der Waals surface area contributed by atoms with E-state index in [1.165, 1.54) is 0 Å². The number of piperidine rings is 1. The van der Waals surface area contributed by atoms with E-state index in [9.17, 15) is 14.7 Å². The van der Waals surface area contributed by atoms with Crippen LogP contribution >= 0.6 is 0 Å². The normalized spacial score (nSPS) is 31.8. The average Bonchev–Trinajstić information content (AvgIpc) is 2.98. The molecule has 0 aromatic heterocycles. The summed E-state index contributed by atoms with van der Waals surface area (Å²) < 4.78 is 0. The van der Waals surface area contributed by atoms with Gasteiger partial charge in [0.15, 0.2) is 0 Å². The number of hydrogen-bond donors (Lipinski definition) is 3. The monoisotopic (exact) mass is 226 g/mol. The number of aliphatic hydroxyl groups excluding tert-OH is 1. The van der Waals surface area contributed by atoms with Gasteiger partial charge in [-0.25, -0.2) is 0 Å². The lowest BCUT2D eigenvalue weighted by Gasteiger charge is -2.28. The first kappa shape index (κ1) is 11.4. The summed E-state index contributed by atoms with van der Waals surface area (Å²) in [5.74, 6) is -1.62. The van der Waals surface area contributed by atoms with Gasteiger partial charge in [0.2, 0.25) is 11.8 Å². The largest absolute Gasteiger partial charge is 0.392 e. The second-order valence-electron chi connectivity index (χ2n) is 4.75. The molecule has 5 nitrogen and oxygen atoms in total. The highest BCUT2D eigenvalue weighted by Gasteiger charge is 2.46. The Labute approximate surface area is 94.6 Å². The Morgan fingerprint density at radius 3 is 2.81 bits per heavy atom. The van der Waals surface area contributed by atoms with Crippen LogP contribution in [-0.4, -0.2) is 35.1 Å². The molecule has 0 spiro atoms. The summed E-state index contributed by atoms with van der Waals surface area (Å²) in [5.41, 5.74) is -0.103. The van der Waals surface area contributed by atoms with Gasteiger partial charge in [-0.05, 0) is 25.7 Å². The van der Waals surface area contributed by atoms with Crippen LogP contribution in [0.4, 0.5) is 0 Å². The summed E-state index contributed by atoms with van der Waals surface area (Å²) in [6, 6.07) is 0. The molecule has 2 unspecified atom stereocenters. The molecule has 2 rings (SSSR count). The molecule has 1 aliphatic heterocycles. The van der Waals surface area contributed by atoms with Gasteiger partial charge in [-0.2, -0.15) is 0 Å².